The Labute approximate surface area is 364 Å². The van der Waals surface area contributed by atoms with Gasteiger partial charge in [-0.15, -0.1) is 0 Å². The minimum Gasteiger partial charge on any atom is -0.466 e. The maximum Gasteiger partial charge on any atom is 0.330 e. The molecule has 4 rings (SSSR count). The van der Waals surface area contributed by atoms with Crippen LogP contribution in [0.15, 0.2) is 35.5 Å². The van der Waals surface area contributed by atoms with Crippen LogP contribution in [0, 0.1) is 10.8 Å². The molecule has 17 nitrogen and oxygen atoms in total. The standard InChI is InChI=1S/C45H68O17/c1-10-12-36(48)59-35-24-32-21-29(47)22-40(52)58-34(26(3)46)23-31-19-28(20-39(51)56-9)41(60-37(49)13-11-2)45(54,62-31)42(4,5)15-14-30-16-27(18-38(50)55-8)17-33(57-30)25-44(53,61-32)43(35,6)7/h14-15,18,20,26,29-35,41,46-47,53-54H,10-13,16-17,19,21-25H2,1-9H3/b15-14+,27-18+,28-20+/t26-,29-,30+,31+,32-,33+,34-,35+,41+,44+,45-/m1/s1. The van der Waals surface area contributed by atoms with Gasteiger partial charge in [-0.2, -0.15) is 0 Å². The summed E-state index contributed by atoms with van der Waals surface area (Å²) in [4.78, 5) is 64.8. The van der Waals surface area contributed by atoms with Crippen LogP contribution in [0.2, 0.25) is 0 Å². The molecule has 3 saturated heterocycles. The number of fused-ring (bicyclic) bond motifs is 6. The van der Waals surface area contributed by atoms with Crippen LogP contribution >= 0.6 is 0 Å². The Kier molecular flexibility index (Phi) is 17.5. The predicted molar refractivity (Wildman–Crippen MR) is 219 cm³/mol. The van der Waals surface area contributed by atoms with Gasteiger partial charge in [-0.25, -0.2) is 9.59 Å². The molecule has 4 aliphatic rings. The van der Waals surface area contributed by atoms with Gasteiger partial charge in [0.25, 0.3) is 0 Å². The summed E-state index contributed by atoms with van der Waals surface area (Å²) >= 11 is 0. The van der Waals surface area contributed by atoms with Crippen LogP contribution in [-0.4, -0.2) is 131 Å². The van der Waals surface area contributed by atoms with E-state index >= 15 is 0 Å². The normalized spacial score (nSPS) is 36.3. The molecular weight excluding hydrogens is 812 g/mol. The van der Waals surface area contributed by atoms with E-state index in [9.17, 15) is 44.4 Å². The molecule has 4 aliphatic heterocycles. The molecule has 0 saturated carbocycles. The van der Waals surface area contributed by atoms with Crippen LogP contribution in [0.4, 0.5) is 0 Å². The first-order valence-corrected chi connectivity index (χ1v) is 21.6. The fourth-order valence-electron chi connectivity index (χ4n) is 8.56. The Morgan fingerprint density at radius 1 is 0.839 bits per heavy atom. The number of methoxy groups -OCH3 is 2. The summed E-state index contributed by atoms with van der Waals surface area (Å²) in [5.74, 6) is -7.88. The number of esters is 5. The number of cyclic esters (lactones) is 1. The third-order valence-electron chi connectivity index (χ3n) is 12.3. The second kappa shape index (κ2) is 21.3. The van der Waals surface area contributed by atoms with Gasteiger partial charge < -0.3 is 58.3 Å². The molecule has 4 N–H and O–H groups in total. The first-order valence-electron chi connectivity index (χ1n) is 21.6. The molecule has 4 heterocycles. The summed E-state index contributed by atoms with van der Waals surface area (Å²) in [7, 11) is 2.42. The molecule has 6 bridgehead atoms. The molecule has 0 amide bonds. The van der Waals surface area contributed by atoms with Crippen molar-refractivity contribution < 1.29 is 82.3 Å². The number of rotatable bonds is 9. The lowest BCUT2D eigenvalue weighted by molar-refractivity contribution is -0.348. The summed E-state index contributed by atoms with van der Waals surface area (Å²) in [5.41, 5.74) is -1.95. The van der Waals surface area contributed by atoms with Crippen molar-refractivity contribution in [2.24, 2.45) is 10.8 Å². The first kappa shape index (κ1) is 50.9. The third kappa shape index (κ3) is 12.5. The molecule has 0 spiro atoms. The minimum absolute atomic E-state index is 0.00811. The fourth-order valence-corrected chi connectivity index (χ4v) is 8.56. The number of hydrogen-bond donors (Lipinski definition) is 4. The van der Waals surface area contributed by atoms with Crippen molar-refractivity contribution in [1.29, 1.82) is 0 Å². The van der Waals surface area contributed by atoms with E-state index in [0.717, 1.165) is 6.08 Å². The molecule has 350 valence electrons. The van der Waals surface area contributed by atoms with Gasteiger partial charge in [0.15, 0.2) is 11.9 Å². The Bertz CT molecular complexity index is 1700. The molecule has 0 aliphatic carbocycles. The number of aliphatic hydroxyl groups is 4. The lowest BCUT2D eigenvalue weighted by Crippen LogP contribution is -2.62. The topological polar surface area (TPSA) is 240 Å². The average Bonchev–Trinajstić information content (AvgIpc) is 3.16. The second-order valence-electron chi connectivity index (χ2n) is 18.1. The minimum atomic E-state index is -2.41. The molecule has 0 radical (unpaired) electrons. The highest BCUT2D eigenvalue weighted by Crippen LogP contribution is 2.50. The van der Waals surface area contributed by atoms with Crippen molar-refractivity contribution in [1.82, 2.24) is 0 Å². The summed E-state index contributed by atoms with van der Waals surface area (Å²) < 4.78 is 46.9. The zero-order valence-corrected chi connectivity index (χ0v) is 37.6. The molecule has 17 heteroatoms. The largest absolute Gasteiger partial charge is 0.466 e. The summed E-state index contributed by atoms with van der Waals surface area (Å²) in [6.07, 6.45) is -3.83. The van der Waals surface area contributed by atoms with Gasteiger partial charge in [-0.3, -0.25) is 14.4 Å². The highest BCUT2D eigenvalue weighted by Gasteiger charge is 2.59. The van der Waals surface area contributed by atoms with Gasteiger partial charge in [0, 0.05) is 56.1 Å². The van der Waals surface area contributed by atoms with Crippen LogP contribution < -0.4 is 0 Å². The second-order valence-corrected chi connectivity index (χ2v) is 18.1. The fraction of sp³-hybridized carbons (Fsp3) is 0.756. The summed E-state index contributed by atoms with van der Waals surface area (Å²) in [6, 6.07) is 0. The highest BCUT2D eigenvalue weighted by molar-refractivity contribution is 5.83. The Balaban J connectivity index is 1.89. The molecule has 11 atom stereocenters. The summed E-state index contributed by atoms with van der Waals surface area (Å²) in [5, 5.41) is 47.5. The molecule has 0 aromatic rings. The van der Waals surface area contributed by atoms with Crippen molar-refractivity contribution in [2.75, 3.05) is 14.2 Å². The lowest BCUT2D eigenvalue weighted by atomic mass is 9.70. The average molecular weight is 881 g/mol. The SMILES string of the molecule is CCCC(=O)O[C@H]1C[C@H]2C[C@@H](O)CC(=O)O[C@@H]([C@@H](C)O)C[C@@H]3C/C(=C\C(=O)OC)[C@H](OC(=O)CCC)[C@@](O)(O3)C(C)(C)/C=C/[C@H]3C/C(=C\C(=O)OC)C[C@@H](C[C@](O)(O2)C1(C)C)O3. The molecular formula is C45H68O17. The molecule has 0 unspecified atom stereocenters. The number of carbonyl (C=O) groups excluding carboxylic acids is 5. The number of carbonyl (C=O) groups is 5. The zero-order chi connectivity index (χ0) is 46.2. The van der Waals surface area contributed by atoms with Gasteiger partial charge in [0.1, 0.15) is 12.2 Å². The molecule has 3 fully saturated rings. The van der Waals surface area contributed by atoms with Gasteiger partial charge in [0.05, 0.1) is 62.7 Å². The molecule has 62 heavy (non-hydrogen) atoms. The van der Waals surface area contributed by atoms with Gasteiger partial charge in [-0.05, 0) is 44.6 Å². The van der Waals surface area contributed by atoms with Crippen molar-refractivity contribution in [3.63, 3.8) is 0 Å². The van der Waals surface area contributed by atoms with Crippen molar-refractivity contribution in [3.8, 4) is 0 Å². The van der Waals surface area contributed by atoms with Gasteiger partial charge in [-0.1, -0.05) is 59.3 Å². The van der Waals surface area contributed by atoms with Crippen LogP contribution in [0.1, 0.15) is 126 Å². The zero-order valence-electron chi connectivity index (χ0n) is 37.6. The van der Waals surface area contributed by atoms with Crippen LogP contribution in [0.25, 0.3) is 0 Å². The van der Waals surface area contributed by atoms with Crippen molar-refractivity contribution in [2.45, 2.75) is 192 Å². The smallest absolute Gasteiger partial charge is 0.330 e. The van der Waals surface area contributed by atoms with Gasteiger partial charge in [0.2, 0.25) is 5.79 Å². The summed E-state index contributed by atoms with van der Waals surface area (Å²) in [6.45, 7) is 11.7. The van der Waals surface area contributed by atoms with E-state index in [0.29, 0.717) is 18.4 Å². The number of aliphatic hydroxyl groups excluding tert-OH is 2. The maximum absolute atomic E-state index is 13.4. The van der Waals surface area contributed by atoms with E-state index in [4.69, 9.17) is 37.9 Å². The number of ether oxygens (including phenoxy) is 8. The van der Waals surface area contributed by atoms with E-state index in [-0.39, 0.29) is 63.4 Å². The van der Waals surface area contributed by atoms with E-state index in [1.807, 2.05) is 6.92 Å². The number of hydrogen-bond acceptors (Lipinski definition) is 17. The van der Waals surface area contributed by atoms with Crippen molar-refractivity contribution in [3.05, 3.63) is 35.5 Å². The Hall–Kier alpha value is -3.71. The quantitative estimate of drug-likeness (QED) is 0.111. The lowest BCUT2D eigenvalue weighted by Gasteiger charge is -2.53. The van der Waals surface area contributed by atoms with Crippen LogP contribution in [0.5, 0.6) is 0 Å². The van der Waals surface area contributed by atoms with E-state index in [1.54, 1.807) is 46.8 Å². The van der Waals surface area contributed by atoms with E-state index < -0.39 is 114 Å². The maximum atomic E-state index is 13.4. The highest BCUT2D eigenvalue weighted by atomic mass is 16.7. The monoisotopic (exact) mass is 880 g/mol. The van der Waals surface area contributed by atoms with E-state index in [1.165, 1.54) is 27.2 Å². The first-order chi connectivity index (χ1) is 29.0. The predicted octanol–water partition coefficient (Wildman–Crippen LogP) is 3.95. The van der Waals surface area contributed by atoms with E-state index in [2.05, 4.69) is 0 Å². The van der Waals surface area contributed by atoms with Crippen molar-refractivity contribution >= 4 is 29.8 Å². The Morgan fingerprint density at radius 3 is 2.08 bits per heavy atom. The van der Waals surface area contributed by atoms with Gasteiger partial charge >= 0.3 is 29.8 Å². The van der Waals surface area contributed by atoms with Crippen LogP contribution in [0.3, 0.4) is 0 Å². The molecule has 0 aromatic heterocycles. The third-order valence-corrected chi connectivity index (χ3v) is 12.3. The molecule has 0 aromatic carbocycles. The Morgan fingerprint density at radius 2 is 1.47 bits per heavy atom. The van der Waals surface area contributed by atoms with Crippen LogP contribution in [-0.2, 0) is 61.9 Å².